The summed E-state index contributed by atoms with van der Waals surface area (Å²) >= 11 is 0. The predicted octanol–water partition coefficient (Wildman–Crippen LogP) is 1.91. The molecule has 84 valence electrons. The lowest BCUT2D eigenvalue weighted by Gasteiger charge is -2.11. The molecule has 16 heavy (non-hydrogen) atoms. The zero-order valence-electron chi connectivity index (χ0n) is 9.34. The molecule has 0 spiro atoms. The van der Waals surface area contributed by atoms with Crippen molar-refractivity contribution in [3.63, 3.8) is 0 Å². The van der Waals surface area contributed by atoms with Gasteiger partial charge in [-0.2, -0.15) is 10.2 Å². The van der Waals surface area contributed by atoms with Crippen LogP contribution < -0.4 is 4.74 Å². The molecule has 0 saturated carbocycles. The smallest absolute Gasteiger partial charge is 0.149 e. The van der Waals surface area contributed by atoms with E-state index in [2.05, 4.69) is 10.2 Å². The number of ether oxygens (including phenoxy) is 1. The molecule has 0 saturated heterocycles. The van der Waals surface area contributed by atoms with Crippen molar-refractivity contribution in [1.82, 2.24) is 10.2 Å². The fourth-order valence-electron chi connectivity index (χ4n) is 1.53. The fraction of sp³-hybridized carbons (Fsp3) is 0.333. The van der Waals surface area contributed by atoms with Crippen molar-refractivity contribution in [3.8, 4) is 5.75 Å². The summed E-state index contributed by atoms with van der Waals surface area (Å²) in [7, 11) is 0. The van der Waals surface area contributed by atoms with Gasteiger partial charge in [-0.1, -0.05) is 6.07 Å². The van der Waals surface area contributed by atoms with Gasteiger partial charge in [0.1, 0.15) is 5.75 Å². The number of fused-ring (bicyclic) bond motifs is 1. The molecule has 1 aromatic heterocycles. The van der Waals surface area contributed by atoms with E-state index in [1.54, 1.807) is 6.20 Å². The molecule has 2 rings (SSSR count). The molecular weight excluding hydrogens is 204 g/mol. The Hall–Kier alpha value is -1.68. The lowest BCUT2D eigenvalue weighted by Crippen LogP contribution is -2.06. The zero-order valence-corrected chi connectivity index (χ0v) is 9.34. The molecule has 0 atom stereocenters. The standard InChI is InChI=1S/C12H14N2O2/c1-8(2)16-12-6-13-14-11-5-9(7-15)3-4-10(11)12/h3-6,8,15H,7H2,1-2H3. The molecule has 4 heteroatoms. The van der Waals surface area contributed by atoms with E-state index in [0.717, 1.165) is 22.2 Å². The summed E-state index contributed by atoms with van der Waals surface area (Å²) in [6.07, 6.45) is 1.71. The average molecular weight is 218 g/mol. The largest absolute Gasteiger partial charge is 0.489 e. The number of aliphatic hydroxyl groups is 1. The van der Waals surface area contributed by atoms with Gasteiger partial charge in [-0.25, -0.2) is 0 Å². The number of rotatable bonds is 3. The highest BCUT2D eigenvalue weighted by atomic mass is 16.5. The summed E-state index contributed by atoms with van der Waals surface area (Å²) in [6.45, 7) is 3.94. The Balaban J connectivity index is 2.51. The summed E-state index contributed by atoms with van der Waals surface area (Å²) in [6, 6.07) is 5.57. The highest BCUT2D eigenvalue weighted by molar-refractivity contribution is 5.84. The van der Waals surface area contributed by atoms with Crippen LogP contribution in [0.4, 0.5) is 0 Å². The summed E-state index contributed by atoms with van der Waals surface area (Å²) in [4.78, 5) is 0. The van der Waals surface area contributed by atoms with E-state index in [4.69, 9.17) is 9.84 Å². The van der Waals surface area contributed by atoms with Gasteiger partial charge >= 0.3 is 0 Å². The van der Waals surface area contributed by atoms with Crippen molar-refractivity contribution in [3.05, 3.63) is 30.0 Å². The van der Waals surface area contributed by atoms with Crippen molar-refractivity contribution in [1.29, 1.82) is 0 Å². The van der Waals surface area contributed by atoms with E-state index >= 15 is 0 Å². The Labute approximate surface area is 93.9 Å². The molecule has 0 aliphatic rings. The van der Waals surface area contributed by atoms with Crippen LogP contribution in [0.25, 0.3) is 10.9 Å². The molecule has 2 aromatic rings. The van der Waals surface area contributed by atoms with Crippen LogP contribution in [-0.4, -0.2) is 21.4 Å². The predicted molar refractivity (Wildman–Crippen MR) is 61.2 cm³/mol. The maximum Gasteiger partial charge on any atom is 0.149 e. The molecule has 0 radical (unpaired) electrons. The second-order valence-corrected chi connectivity index (χ2v) is 3.89. The molecule has 4 nitrogen and oxygen atoms in total. The normalized spacial score (nSPS) is 11.0. The fourth-order valence-corrected chi connectivity index (χ4v) is 1.53. The lowest BCUT2D eigenvalue weighted by molar-refractivity contribution is 0.244. The molecule has 0 fully saturated rings. The second kappa shape index (κ2) is 4.45. The van der Waals surface area contributed by atoms with Crippen LogP contribution in [0, 0.1) is 0 Å². The number of aromatic nitrogens is 2. The molecular formula is C12H14N2O2. The molecule has 0 aliphatic heterocycles. The molecule has 1 aromatic carbocycles. The Bertz CT molecular complexity index is 497. The quantitative estimate of drug-likeness (QED) is 0.855. The van der Waals surface area contributed by atoms with Gasteiger partial charge in [-0.3, -0.25) is 0 Å². The van der Waals surface area contributed by atoms with Crippen molar-refractivity contribution in [2.45, 2.75) is 26.6 Å². The van der Waals surface area contributed by atoms with Crippen molar-refractivity contribution in [2.24, 2.45) is 0 Å². The van der Waals surface area contributed by atoms with Crippen LogP contribution in [0.5, 0.6) is 5.75 Å². The molecule has 0 aliphatic carbocycles. The van der Waals surface area contributed by atoms with Crippen LogP contribution >= 0.6 is 0 Å². The Morgan fingerprint density at radius 3 is 2.88 bits per heavy atom. The molecule has 1 heterocycles. The van der Waals surface area contributed by atoms with Crippen LogP contribution in [0.3, 0.4) is 0 Å². The van der Waals surface area contributed by atoms with Gasteiger partial charge in [0.25, 0.3) is 0 Å². The van der Waals surface area contributed by atoms with Crippen molar-refractivity contribution in [2.75, 3.05) is 0 Å². The third-order valence-electron chi connectivity index (χ3n) is 2.21. The number of hydrogen-bond acceptors (Lipinski definition) is 4. The van der Waals surface area contributed by atoms with E-state index in [9.17, 15) is 0 Å². The first-order valence-electron chi connectivity index (χ1n) is 5.22. The van der Waals surface area contributed by atoms with Gasteiger partial charge in [0.2, 0.25) is 0 Å². The van der Waals surface area contributed by atoms with Crippen LogP contribution in [-0.2, 0) is 6.61 Å². The van der Waals surface area contributed by atoms with Crippen molar-refractivity contribution >= 4 is 10.9 Å². The van der Waals surface area contributed by atoms with E-state index in [1.807, 2.05) is 32.0 Å². The Morgan fingerprint density at radius 1 is 1.38 bits per heavy atom. The summed E-state index contributed by atoms with van der Waals surface area (Å²) in [5.74, 6) is 0.726. The minimum absolute atomic E-state index is 0.00683. The van der Waals surface area contributed by atoms with Crippen LogP contribution in [0.1, 0.15) is 19.4 Å². The molecule has 0 amide bonds. The highest BCUT2D eigenvalue weighted by Gasteiger charge is 2.06. The third-order valence-corrected chi connectivity index (χ3v) is 2.21. The molecule has 1 N–H and O–H groups in total. The Morgan fingerprint density at radius 2 is 2.19 bits per heavy atom. The van der Waals surface area contributed by atoms with Gasteiger partial charge in [-0.05, 0) is 31.5 Å². The average Bonchev–Trinajstić information content (AvgIpc) is 2.28. The van der Waals surface area contributed by atoms with Crippen LogP contribution in [0.15, 0.2) is 24.4 Å². The SMILES string of the molecule is CC(C)Oc1cnnc2cc(CO)ccc12. The number of nitrogens with zero attached hydrogens (tertiary/aromatic N) is 2. The first kappa shape index (κ1) is 10.8. The summed E-state index contributed by atoms with van der Waals surface area (Å²) in [5.41, 5.74) is 1.56. The summed E-state index contributed by atoms with van der Waals surface area (Å²) < 4.78 is 5.64. The van der Waals surface area contributed by atoms with Gasteiger partial charge in [0.15, 0.2) is 0 Å². The number of benzene rings is 1. The second-order valence-electron chi connectivity index (χ2n) is 3.89. The minimum Gasteiger partial charge on any atom is -0.489 e. The van der Waals surface area contributed by atoms with E-state index in [1.165, 1.54) is 0 Å². The van der Waals surface area contributed by atoms with Crippen LogP contribution in [0.2, 0.25) is 0 Å². The maximum absolute atomic E-state index is 9.03. The van der Waals surface area contributed by atoms with Gasteiger partial charge in [0, 0.05) is 5.39 Å². The molecule has 0 unspecified atom stereocenters. The number of hydrogen-bond donors (Lipinski definition) is 1. The summed E-state index contributed by atoms with van der Waals surface area (Å²) in [5, 5.41) is 17.9. The van der Waals surface area contributed by atoms with E-state index in [0.29, 0.717) is 0 Å². The van der Waals surface area contributed by atoms with Gasteiger partial charge in [-0.15, -0.1) is 0 Å². The Kier molecular flexibility index (Phi) is 3.01. The van der Waals surface area contributed by atoms with Gasteiger partial charge < -0.3 is 9.84 Å². The van der Waals surface area contributed by atoms with E-state index in [-0.39, 0.29) is 12.7 Å². The maximum atomic E-state index is 9.03. The van der Waals surface area contributed by atoms with E-state index < -0.39 is 0 Å². The monoisotopic (exact) mass is 218 g/mol. The molecule has 0 bridgehead atoms. The first-order valence-corrected chi connectivity index (χ1v) is 5.22. The zero-order chi connectivity index (χ0) is 11.5. The highest BCUT2D eigenvalue weighted by Crippen LogP contribution is 2.24. The van der Waals surface area contributed by atoms with Gasteiger partial charge in [0.05, 0.1) is 24.4 Å². The first-order chi connectivity index (χ1) is 7.70. The number of aliphatic hydroxyl groups excluding tert-OH is 1. The third kappa shape index (κ3) is 2.12. The topological polar surface area (TPSA) is 55.2 Å². The lowest BCUT2D eigenvalue weighted by atomic mass is 10.1. The minimum atomic E-state index is 0.00683. The van der Waals surface area contributed by atoms with Crippen molar-refractivity contribution < 1.29 is 9.84 Å².